The molecule has 1 saturated carbocycles. The second-order valence-corrected chi connectivity index (χ2v) is 6.50. The molecule has 1 heterocycles. The summed E-state index contributed by atoms with van der Waals surface area (Å²) in [5.41, 5.74) is 0.363. The minimum absolute atomic E-state index is 0.0444. The Morgan fingerprint density at radius 3 is 2.35 bits per heavy atom. The fourth-order valence-corrected chi connectivity index (χ4v) is 2.81. The molecular weight excluding hydrogens is 256 g/mol. The van der Waals surface area contributed by atoms with E-state index in [1.807, 2.05) is 4.90 Å². The first kappa shape index (κ1) is 15.1. The molecule has 0 aromatic heterocycles. The maximum absolute atomic E-state index is 12.6. The standard InChI is InChI=1S/C15H26N2O3/c1-3-15(2)7-10-16(11-8-15)14(20)17(12-4-5-12)9-6-13(18)19/h12H,3-11H2,1-2H3,(H,18,19). The summed E-state index contributed by atoms with van der Waals surface area (Å²) in [6, 6.07) is 0.327. The number of carboxylic acids is 1. The fourth-order valence-electron chi connectivity index (χ4n) is 2.81. The molecule has 2 fully saturated rings. The molecule has 1 aliphatic heterocycles. The van der Waals surface area contributed by atoms with E-state index in [1.54, 1.807) is 4.90 Å². The number of nitrogens with zero attached hydrogens (tertiary/aromatic N) is 2. The van der Waals surface area contributed by atoms with Gasteiger partial charge in [0, 0.05) is 25.7 Å². The molecule has 0 bridgehead atoms. The third kappa shape index (κ3) is 3.64. The third-order valence-corrected chi connectivity index (χ3v) is 4.89. The van der Waals surface area contributed by atoms with E-state index >= 15 is 0 Å². The molecule has 1 aliphatic carbocycles. The van der Waals surface area contributed by atoms with Gasteiger partial charge in [0.2, 0.25) is 0 Å². The van der Waals surface area contributed by atoms with Crippen molar-refractivity contribution >= 4 is 12.0 Å². The first-order chi connectivity index (χ1) is 9.45. The van der Waals surface area contributed by atoms with E-state index < -0.39 is 5.97 Å². The fraction of sp³-hybridized carbons (Fsp3) is 0.867. The number of urea groups is 1. The van der Waals surface area contributed by atoms with Crippen LogP contribution in [0, 0.1) is 5.41 Å². The number of rotatable bonds is 5. The van der Waals surface area contributed by atoms with Gasteiger partial charge in [0.1, 0.15) is 0 Å². The maximum Gasteiger partial charge on any atom is 0.320 e. The van der Waals surface area contributed by atoms with E-state index in [2.05, 4.69) is 13.8 Å². The van der Waals surface area contributed by atoms with E-state index in [4.69, 9.17) is 5.11 Å². The second-order valence-electron chi connectivity index (χ2n) is 6.50. The molecule has 5 nitrogen and oxygen atoms in total. The molecule has 114 valence electrons. The Hall–Kier alpha value is -1.26. The van der Waals surface area contributed by atoms with Crippen LogP contribution in [0.3, 0.4) is 0 Å². The summed E-state index contributed by atoms with van der Waals surface area (Å²) in [5, 5.41) is 8.81. The highest BCUT2D eigenvalue weighted by Crippen LogP contribution is 2.35. The lowest BCUT2D eigenvalue weighted by Crippen LogP contribution is -2.49. The normalized spacial score (nSPS) is 21.6. The minimum atomic E-state index is -0.833. The number of hydrogen-bond acceptors (Lipinski definition) is 2. The van der Waals surface area contributed by atoms with Crippen LogP contribution in [0.25, 0.3) is 0 Å². The second kappa shape index (κ2) is 6.02. The van der Waals surface area contributed by atoms with Crippen molar-refractivity contribution in [1.82, 2.24) is 9.80 Å². The van der Waals surface area contributed by atoms with Gasteiger partial charge in [-0.2, -0.15) is 0 Å². The van der Waals surface area contributed by atoms with Crippen LogP contribution >= 0.6 is 0 Å². The minimum Gasteiger partial charge on any atom is -0.481 e. The van der Waals surface area contributed by atoms with Gasteiger partial charge in [-0.15, -0.1) is 0 Å². The number of carbonyl (C=O) groups excluding carboxylic acids is 1. The molecule has 0 unspecified atom stereocenters. The first-order valence-corrected chi connectivity index (χ1v) is 7.72. The van der Waals surface area contributed by atoms with Crippen molar-refractivity contribution in [2.24, 2.45) is 5.41 Å². The summed E-state index contributed by atoms with van der Waals surface area (Å²) < 4.78 is 0. The predicted molar refractivity (Wildman–Crippen MR) is 76.6 cm³/mol. The highest BCUT2D eigenvalue weighted by Gasteiger charge is 2.37. The van der Waals surface area contributed by atoms with Crippen LogP contribution in [0.2, 0.25) is 0 Å². The number of piperidine rings is 1. The Morgan fingerprint density at radius 1 is 1.30 bits per heavy atom. The molecule has 1 N–H and O–H groups in total. The van der Waals surface area contributed by atoms with Gasteiger partial charge < -0.3 is 14.9 Å². The zero-order valence-corrected chi connectivity index (χ0v) is 12.6. The van der Waals surface area contributed by atoms with Crippen molar-refractivity contribution in [2.45, 2.75) is 58.4 Å². The van der Waals surface area contributed by atoms with Gasteiger partial charge >= 0.3 is 12.0 Å². The Morgan fingerprint density at radius 2 is 1.90 bits per heavy atom. The molecule has 20 heavy (non-hydrogen) atoms. The predicted octanol–water partition coefficient (Wildman–Crippen LogP) is 2.56. The molecular formula is C15H26N2O3. The summed E-state index contributed by atoms with van der Waals surface area (Å²) >= 11 is 0. The molecule has 2 amide bonds. The van der Waals surface area contributed by atoms with Crippen LogP contribution in [-0.2, 0) is 4.79 Å². The lowest BCUT2D eigenvalue weighted by atomic mass is 9.78. The van der Waals surface area contributed by atoms with Crippen molar-refractivity contribution in [1.29, 1.82) is 0 Å². The number of likely N-dealkylation sites (tertiary alicyclic amines) is 1. The highest BCUT2D eigenvalue weighted by molar-refractivity contribution is 5.76. The quantitative estimate of drug-likeness (QED) is 0.843. The van der Waals surface area contributed by atoms with Gasteiger partial charge in [-0.05, 0) is 31.1 Å². The summed E-state index contributed by atoms with van der Waals surface area (Å²) in [4.78, 5) is 27.0. The van der Waals surface area contributed by atoms with E-state index in [0.717, 1.165) is 45.2 Å². The highest BCUT2D eigenvalue weighted by atomic mass is 16.4. The summed E-state index contributed by atoms with van der Waals surface area (Å²) in [5.74, 6) is -0.833. The Bertz CT molecular complexity index is 371. The Kier molecular flexibility index (Phi) is 4.55. The SMILES string of the molecule is CCC1(C)CCN(C(=O)N(CCC(=O)O)C2CC2)CC1. The summed E-state index contributed by atoms with van der Waals surface area (Å²) in [6.45, 7) is 6.46. The van der Waals surface area contributed by atoms with Gasteiger partial charge in [-0.25, -0.2) is 4.79 Å². The number of aliphatic carboxylic acids is 1. The van der Waals surface area contributed by atoms with Gasteiger partial charge in [0.15, 0.2) is 0 Å². The van der Waals surface area contributed by atoms with Crippen LogP contribution in [0.1, 0.15) is 52.4 Å². The number of carbonyl (C=O) groups is 2. The maximum atomic E-state index is 12.6. The van der Waals surface area contributed by atoms with E-state index in [-0.39, 0.29) is 18.5 Å². The largest absolute Gasteiger partial charge is 0.481 e. The number of carboxylic acid groups (broad SMARTS) is 1. The zero-order chi connectivity index (χ0) is 14.8. The zero-order valence-electron chi connectivity index (χ0n) is 12.6. The lowest BCUT2D eigenvalue weighted by Gasteiger charge is -2.40. The third-order valence-electron chi connectivity index (χ3n) is 4.89. The molecule has 0 aromatic carbocycles. The van der Waals surface area contributed by atoms with Crippen molar-refractivity contribution < 1.29 is 14.7 Å². The van der Waals surface area contributed by atoms with Crippen molar-refractivity contribution in [3.05, 3.63) is 0 Å². The van der Waals surface area contributed by atoms with E-state index in [0.29, 0.717) is 12.0 Å². The van der Waals surface area contributed by atoms with Crippen LogP contribution in [0.5, 0.6) is 0 Å². The first-order valence-electron chi connectivity index (χ1n) is 7.72. The molecule has 0 aromatic rings. The van der Waals surface area contributed by atoms with Gasteiger partial charge in [-0.1, -0.05) is 20.3 Å². The van der Waals surface area contributed by atoms with Crippen molar-refractivity contribution in [2.75, 3.05) is 19.6 Å². The van der Waals surface area contributed by atoms with Gasteiger partial charge in [0.05, 0.1) is 6.42 Å². The molecule has 5 heteroatoms. The van der Waals surface area contributed by atoms with E-state index in [1.165, 1.54) is 0 Å². The molecule has 2 rings (SSSR count). The van der Waals surface area contributed by atoms with Gasteiger partial charge in [0.25, 0.3) is 0 Å². The molecule has 0 spiro atoms. The average Bonchev–Trinajstić information content (AvgIpc) is 3.24. The van der Waals surface area contributed by atoms with Crippen LogP contribution in [0.4, 0.5) is 4.79 Å². The lowest BCUT2D eigenvalue weighted by molar-refractivity contribution is -0.137. The van der Waals surface area contributed by atoms with Gasteiger partial charge in [-0.3, -0.25) is 4.79 Å². The summed E-state index contributed by atoms with van der Waals surface area (Å²) in [6.07, 6.45) is 5.33. The number of amides is 2. The Labute approximate surface area is 120 Å². The molecule has 1 saturated heterocycles. The smallest absolute Gasteiger partial charge is 0.320 e. The average molecular weight is 282 g/mol. The van der Waals surface area contributed by atoms with Crippen LogP contribution < -0.4 is 0 Å². The van der Waals surface area contributed by atoms with Crippen LogP contribution in [0.15, 0.2) is 0 Å². The molecule has 0 radical (unpaired) electrons. The Balaban J connectivity index is 1.90. The topological polar surface area (TPSA) is 60.9 Å². The van der Waals surface area contributed by atoms with Crippen LogP contribution in [-0.4, -0.2) is 52.6 Å². The molecule has 2 aliphatic rings. The van der Waals surface area contributed by atoms with E-state index in [9.17, 15) is 9.59 Å². The summed E-state index contributed by atoms with van der Waals surface area (Å²) in [7, 11) is 0. The van der Waals surface area contributed by atoms with Crippen molar-refractivity contribution in [3.8, 4) is 0 Å². The number of hydrogen-bond donors (Lipinski definition) is 1. The van der Waals surface area contributed by atoms with Crippen molar-refractivity contribution in [3.63, 3.8) is 0 Å². The monoisotopic (exact) mass is 282 g/mol. The molecule has 0 atom stereocenters.